The van der Waals surface area contributed by atoms with Crippen molar-refractivity contribution in [2.45, 2.75) is 13.8 Å². The van der Waals surface area contributed by atoms with Gasteiger partial charge in [0.15, 0.2) is 0 Å². The van der Waals surface area contributed by atoms with Gasteiger partial charge in [-0.3, -0.25) is 0 Å². The lowest BCUT2D eigenvalue weighted by molar-refractivity contribution is 0.568. The average Bonchev–Trinajstić information content (AvgIpc) is 1.65. The second-order valence-corrected chi connectivity index (χ2v) is 1.35. The first kappa shape index (κ1) is 6.12. The number of hydrogen-bond acceptors (Lipinski definition) is 2. The monoisotopic (exact) mass is 97.1 g/mol. The van der Waals surface area contributed by atoms with Gasteiger partial charge in [0.2, 0.25) is 0 Å². The van der Waals surface area contributed by atoms with Crippen molar-refractivity contribution in [2.24, 2.45) is 0 Å². The molecule has 0 aliphatic rings. The Morgan fingerprint density at radius 2 is 2.00 bits per heavy atom. The van der Waals surface area contributed by atoms with E-state index in [9.17, 15) is 4.79 Å². The van der Waals surface area contributed by atoms with Crippen molar-refractivity contribution >= 4 is 11.7 Å². The van der Waals surface area contributed by atoms with E-state index in [1.165, 1.54) is 0 Å². The Hall–Kier alpha value is -0.880. The summed E-state index contributed by atoms with van der Waals surface area (Å²) in [5.41, 5.74) is 0.662. The van der Waals surface area contributed by atoms with Crippen molar-refractivity contribution in [2.75, 3.05) is 0 Å². The fourth-order valence-electron chi connectivity index (χ4n) is 0.0765. The zero-order valence-corrected chi connectivity index (χ0v) is 4.41. The largest absolute Gasteiger partial charge is 0.305 e. The molecule has 0 amide bonds. The van der Waals surface area contributed by atoms with Crippen LogP contribution in [0.25, 0.3) is 0 Å². The predicted octanol–water partition coefficient (Wildman–Crippen LogP) is 0.804. The molecule has 0 aliphatic carbocycles. The molecular formula is C5H7NO. The van der Waals surface area contributed by atoms with E-state index in [1.807, 2.05) is 0 Å². The van der Waals surface area contributed by atoms with Crippen LogP contribution in [0.3, 0.4) is 0 Å². The number of allylic oxidation sites excluding steroid dienone is 1. The number of rotatable bonds is 1. The average molecular weight is 97.1 g/mol. The molecule has 2 heteroatoms. The van der Waals surface area contributed by atoms with E-state index >= 15 is 0 Å². The third kappa shape index (κ3) is 1.90. The Kier molecular flexibility index (Phi) is 2.03. The molecule has 38 valence electrons. The van der Waals surface area contributed by atoms with Gasteiger partial charge in [-0.15, -0.1) is 0 Å². The van der Waals surface area contributed by atoms with Gasteiger partial charge in [-0.25, -0.2) is 4.79 Å². The van der Waals surface area contributed by atoms with E-state index in [2.05, 4.69) is 0 Å². The zero-order chi connectivity index (χ0) is 5.86. The lowest BCUT2D eigenvalue weighted by Crippen LogP contribution is -1.88. The van der Waals surface area contributed by atoms with Gasteiger partial charge in [0.05, 0.1) is 5.57 Å². The van der Waals surface area contributed by atoms with Crippen LogP contribution in [0, 0.1) is 5.41 Å². The second kappa shape index (κ2) is 2.32. The first-order valence-corrected chi connectivity index (χ1v) is 1.95. The summed E-state index contributed by atoms with van der Waals surface area (Å²) in [5.74, 6) is 1.61. The maximum Gasteiger partial charge on any atom is 0.129 e. The van der Waals surface area contributed by atoms with Gasteiger partial charge < -0.3 is 5.41 Å². The topological polar surface area (TPSA) is 40.9 Å². The Balaban J connectivity index is 4.10. The van der Waals surface area contributed by atoms with E-state index in [-0.39, 0.29) is 5.71 Å². The molecule has 2 nitrogen and oxygen atoms in total. The molecule has 0 aliphatic heterocycles. The summed E-state index contributed by atoms with van der Waals surface area (Å²) in [6, 6.07) is 0. The summed E-state index contributed by atoms with van der Waals surface area (Å²) < 4.78 is 0. The van der Waals surface area contributed by atoms with Gasteiger partial charge in [-0.1, -0.05) is 0 Å². The minimum atomic E-state index is 0.287. The highest BCUT2D eigenvalue weighted by atomic mass is 16.1. The van der Waals surface area contributed by atoms with Crippen LogP contribution >= 0.6 is 0 Å². The molecule has 0 heterocycles. The maximum atomic E-state index is 9.64. The summed E-state index contributed by atoms with van der Waals surface area (Å²) in [6.07, 6.45) is 0. The quantitative estimate of drug-likeness (QED) is 0.381. The molecule has 0 saturated heterocycles. The van der Waals surface area contributed by atoms with Crippen molar-refractivity contribution in [1.82, 2.24) is 0 Å². The smallest absolute Gasteiger partial charge is 0.129 e. The minimum Gasteiger partial charge on any atom is -0.305 e. The molecule has 1 N–H and O–H groups in total. The van der Waals surface area contributed by atoms with Crippen LogP contribution in [0.15, 0.2) is 5.57 Å². The van der Waals surface area contributed by atoms with E-state index in [0.717, 1.165) is 0 Å². The molecule has 0 atom stereocenters. The Bertz CT molecular complexity index is 131. The van der Waals surface area contributed by atoms with E-state index in [0.29, 0.717) is 5.57 Å². The standard InChI is InChI=1S/C5H7NO/c1-4(3-7)5(2)6/h6H,1-2H3. The third-order valence-electron chi connectivity index (χ3n) is 0.716. The van der Waals surface area contributed by atoms with Crippen LogP contribution in [0.5, 0.6) is 0 Å². The summed E-state index contributed by atoms with van der Waals surface area (Å²) in [6.45, 7) is 3.12. The molecule has 0 unspecified atom stereocenters. The number of carbonyl (C=O) groups excluding carboxylic acids is 1. The van der Waals surface area contributed by atoms with E-state index in [4.69, 9.17) is 5.41 Å². The van der Waals surface area contributed by atoms with Crippen LogP contribution in [0.4, 0.5) is 0 Å². The predicted molar refractivity (Wildman–Crippen MR) is 28.3 cm³/mol. The second-order valence-electron chi connectivity index (χ2n) is 1.35. The summed E-state index contributed by atoms with van der Waals surface area (Å²) in [7, 11) is 0. The molecule has 7 heavy (non-hydrogen) atoms. The Morgan fingerprint density at radius 3 is 2.00 bits per heavy atom. The van der Waals surface area contributed by atoms with Crippen LogP contribution in [0.1, 0.15) is 13.8 Å². The molecule has 0 radical (unpaired) electrons. The van der Waals surface area contributed by atoms with Crippen molar-refractivity contribution in [3.05, 3.63) is 5.57 Å². The van der Waals surface area contributed by atoms with Gasteiger partial charge in [-0.2, -0.15) is 0 Å². The normalized spacial score (nSPS) is 7.14. The SMILES string of the molecule is CC(=N)C(C)=C=O. The van der Waals surface area contributed by atoms with Crippen molar-refractivity contribution in [1.29, 1.82) is 5.41 Å². The highest BCUT2D eigenvalue weighted by molar-refractivity contribution is 6.01. The summed E-state index contributed by atoms with van der Waals surface area (Å²) in [4.78, 5) is 9.64. The fraction of sp³-hybridized carbons (Fsp3) is 0.400. The van der Waals surface area contributed by atoms with Crippen LogP contribution in [0.2, 0.25) is 0 Å². The molecular weight excluding hydrogens is 90.1 g/mol. The Morgan fingerprint density at radius 1 is 1.57 bits per heavy atom. The van der Waals surface area contributed by atoms with Crippen molar-refractivity contribution in [3.8, 4) is 0 Å². The lowest BCUT2D eigenvalue weighted by Gasteiger charge is -1.82. The third-order valence-corrected chi connectivity index (χ3v) is 0.716. The summed E-state index contributed by atoms with van der Waals surface area (Å²) in [5, 5.41) is 6.80. The molecule has 0 spiro atoms. The highest BCUT2D eigenvalue weighted by Gasteiger charge is 1.86. The number of hydrogen-bond donors (Lipinski definition) is 1. The molecule has 0 bridgehead atoms. The molecule has 0 aromatic heterocycles. The number of nitrogens with one attached hydrogen (secondary N) is 1. The molecule has 0 aromatic carbocycles. The fourth-order valence-corrected chi connectivity index (χ4v) is 0.0765. The van der Waals surface area contributed by atoms with Crippen molar-refractivity contribution < 1.29 is 4.79 Å². The van der Waals surface area contributed by atoms with E-state index in [1.54, 1.807) is 19.8 Å². The van der Waals surface area contributed by atoms with E-state index < -0.39 is 0 Å². The molecule has 0 rings (SSSR count). The van der Waals surface area contributed by atoms with Crippen LogP contribution in [-0.2, 0) is 4.79 Å². The van der Waals surface area contributed by atoms with Gasteiger partial charge >= 0.3 is 0 Å². The van der Waals surface area contributed by atoms with Crippen LogP contribution < -0.4 is 0 Å². The summed E-state index contributed by atoms with van der Waals surface area (Å²) >= 11 is 0. The molecule has 0 saturated carbocycles. The molecule has 0 aromatic rings. The van der Waals surface area contributed by atoms with Crippen molar-refractivity contribution in [3.63, 3.8) is 0 Å². The van der Waals surface area contributed by atoms with Gasteiger partial charge in [0.25, 0.3) is 0 Å². The maximum absolute atomic E-state index is 9.64. The minimum absolute atomic E-state index is 0.287. The van der Waals surface area contributed by atoms with Gasteiger partial charge in [-0.05, 0) is 13.8 Å². The Labute approximate surface area is 42.4 Å². The lowest BCUT2D eigenvalue weighted by atomic mass is 10.2. The first-order valence-electron chi connectivity index (χ1n) is 1.95. The van der Waals surface area contributed by atoms with Crippen LogP contribution in [-0.4, -0.2) is 11.7 Å². The highest BCUT2D eigenvalue weighted by Crippen LogP contribution is 1.83. The molecule has 0 fully saturated rings. The zero-order valence-electron chi connectivity index (χ0n) is 4.41. The van der Waals surface area contributed by atoms with Gasteiger partial charge in [0.1, 0.15) is 5.94 Å². The first-order chi connectivity index (χ1) is 3.18. The van der Waals surface area contributed by atoms with Gasteiger partial charge in [0, 0.05) is 5.71 Å².